The van der Waals surface area contributed by atoms with Crippen LogP contribution in [-0.4, -0.2) is 17.5 Å². The van der Waals surface area contributed by atoms with Crippen LogP contribution < -0.4 is 5.32 Å². The van der Waals surface area contributed by atoms with Gasteiger partial charge < -0.3 is 10.4 Å². The molecule has 1 aliphatic rings. The fourth-order valence-electron chi connectivity index (χ4n) is 0.419. The molecule has 1 heterocycles. The van der Waals surface area contributed by atoms with Gasteiger partial charge in [-0.2, -0.15) is 0 Å². The van der Waals surface area contributed by atoms with E-state index in [-0.39, 0.29) is 0 Å². The minimum Gasteiger partial charge on any atom is -0.369 e. The van der Waals surface area contributed by atoms with Crippen LogP contribution in [0.2, 0.25) is 0 Å². The summed E-state index contributed by atoms with van der Waals surface area (Å²) in [5.41, 5.74) is 0. The van der Waals surface area contributed by atoms with Gasteiger partial charge in [-0.05, 0) is 15.9 Å². The van der Waals surface area contributed by atoms with E-state index in [1.165, 1.54) is 6.21 Å². The smallest absolute Gasteiger partial charge is 0.161 e. The summed E-state index contributed by atoms with van der Waals surface area (Å²) in [6.07, 6.45) is 0.578. The van der Waals surface area contributed by atoms with Crippen LogP contribution >= 0.6 is 27.5 Å². The first-order valence-corrected chi connectivity index (χ1v) is 3.41. The molecule has 9 heavy (non-hydrogen) atoms. The van der Waals surface area contributed by atoms with E-state index in [4.69, 9.17) is 16.7 Å². The van der Waals surface area contributed by atoms with E-state index >= 15 is 0 Å². The Morgan fingerprint density at radius 1 is 1.89 bits per heavy atom. The molecule has 2 N–H and O–H groups in total. The predicted molar refractivity (Wildman–Crippen MR) is 39.4 cm³/mol. The molecule has 1 unspecified atom stereocenters. The second kappa shape index (κ2) is 2.68. The third kappa shape index (κ3) is 1.67. The summed E-state index contributed by atoms with van der Waals surface area (Å²) in [6, 6.07) is 0. The lowest BCUT2D eigenvalue weighted by atomic mass is 10.5. The van der Waals surface area contributed by atoms with Crippen LogP contribution in [0.5, 0.6) is 0 Å². The summed E-state index contributed by atoms with van der Waals surface area (Å²) < 4.78 is 0.509. The molecule has 1 atom stereocenters. The highest BCUT2D eigenvalue weighted by molar-refractivity contribution is 9.11. The van der Waals surface area contributed by atoms with Crippen molar-refractivity contribution in [3.63, 3.8) is 0 Å². The Hall–Kier alpha value is -0.0600. The standard InChI is InChI=1S/C4H4BrClN2O/c5-3-4(6)8-2(9)1-7-3/h1-2,8-9H. The van der Waals surface area contributed by atoms with Crippen LogP contribution in [0.25, 0.3) is 0 Å². The molecule has 50 valence electrons. The normalized spacial score (nSPS) is 26.3. The van der Waals surface area contributed by atoms with E-state index in [1.54, 1.807) is 0 Å². The molecule has 0 aromatic carbocycles. The molecule has 0 bridgehead atoms. The van der Waals surface area contributed by atoms with E-state index in [9.17, 15) is 0 Å². The number of halogens is 2. The lowest BCUT2D eigenvalue weighted by Gasteiger charge is -2.12. The monoisotopic (exact) mass is 210 g/mol. The number of aliphatic imine (C=N–C) groups is 1. The van der Waals surface area contributed by atoms with E-state index < -0.39 is 6.23 Å². The van der Waals surface area contributed by atoms with Gasteiger partial charge in [-0.15, -0.1) is 0 Å². The lowest BCUT2D eigenvalue weighted by Crippen LogP contribution is -2.30. The Kier molecular flexibility index (Phi) is 2.10. The third-order valence-electron chi connectivity index (χ3n) is 0.785. The van der Waals surface area contributed by atoms with Crippen LogP contribution in [0.15, 0.2) is 14.8 Å². The second-order valence-electron chi connectivity index (χ2n) is 1.47. The van der Waals surface area contributed by atoms with Gasteiger partial charge >= 0.3 is 0 Å². The Balaban J connectivity index is 2.75. The van der Waals surface area contributed by atoms with Crippen LogP contribution in [-0.2, 0) is 0 Å². The first-order valence-electron chi connectivity index (χ1n) is 2.24. The van der Waals surface area contributed by atoms with E-state index in [0.717, 1.165) is 0 Å². The van der Waals surface area contributed by atoms with E-state index in [0.29, 0.717) is 9.76 Å². The molecule has 0 aromatic heterocycles. The topological polar surface area (TPSA) is 44.6 Å². The van der Waals surface area contributed by atoms with E-state index in [1.807, 2.05) is 0 Å². The average molecular weight is 211 g/mol. The highest BCUT2D eigenvalue weighted by atomic mass is 79.9. The molecular weight excluding hydrogens is 207 g/mol. The van der Waals surface area contributed by atoms with Crippen LogP contribution in [0.4, 0.5) is 0 Å². The highest BCUT2D eigenvalue weighted by Gasteiger charge is 2.08. The van der Waals surface area contributed by atoms with Gasteiger partial charge in [0, 0.05) is 0 Å². The molecule has 0 fully saturated rings. The Morgan fingerprint density at radius 2 is 2.56 bits per heavy atom. The number of aliphatic hydroxyl groups is 1. The largest absolute Gasteiger partial charge is 0.369 e. The van der Waals surface area contributed by atoms with Gasteiger partial charge in [0.25, 0.3) is 0 Å². The molecular formula is C4H4BrClN2O. The van der Waals surface area contributed by atoms with Gasteiger partial charge in [0.1, 0.15) is 9.76 Å². The molecule has 0 radical (unpaired) electrons. The fraction of sp³-hybridized carbons (Fsp3) is 0.250. The maximum absolute atomic E-state index is 8.80. The average Bonchev–Trinajstić information content (AvgIpc) is 1.80. The number of rotatable bonds is 0. The summed E-state index contributed by atoms with van der Waals surface area (Å²) >= 11 is 8.57. The molecule has 0 spiro atoms. The molecule has 0 saturated carbocycles. The van der Waals surface area contributed by atoms with Crippen molar-refractivity contribution in [3.05, 3.63) is 9.76 Å². The zero-order valence-corrected chi connectivity index (χ0v) is 6.65. The van der Waals surface area contributed by atoms with Gasteiger partial charge in [0.05, 0.1) is 6.21 Å². The highest BCUT2D eigenvalue weighted by Crippen LogP contribution is 2.16. The number of hydrogen-bond donors (Lipinski definition) is 2. The van der Waals surface area contributed by atoms with Crippen molar-refractivity contribution in [2.75, 3.05) is 0 Å². The summed E-state index contributed by atoms with van der Waals surface area (Å²) in [5, 5.41) is 11.7. The maximum Gasteiger partial charge on any atom is 0.161 e. The maximum atomic E-state index is 8.80. The minimum atomic E-state index is -0.765. The fourth-order valence-corrected chi connectivity index (χ4v) is 0.813. The van der Waals surface area contributed by atoms with Crippen molar-refractivity contribution in [2.24, 2.45) is 4.99 Å². The Bertz CT molecular complexity index is 179. The second-order valence-corrected chi connectivity index (χ2v) is 2.60. The molecule has 0 aliphatic carbocycles. The molecule has 1 rings (SSSR count). The molecule has 0 aromatic rings. The summed E-state index contributed by atoms with van der Waals surface area (Å²) in [4.78, 5) is 3.72. The van der Waals surface area contributed by atoms with Crippen LogP contribution in [0, 0.1) is 0 Å². The molecule has 5 heteroatoms. The SMILES string of the molecule is OC1C=NC(Br)=C(Cl)N1. The van der Waals surface area contributed by atoms with Crippen LogP contribution in [0.1, 0.15) is 0 Å². The van der Waals surface area contributed by atoms with Gasteiger partial charge in [-0.3, -0.25) is 0 Å². The van der Waals surface area contributed by atoms with Crippen LogP contribution in [0.3, 0.4) is 0 Å². The predicted octanol–water partition coefficient (Wildman–Crippen LogP) is 0.739. The van der Waals surface area contributed by atoms with Gasteiger partial charge in [-0.1, -0.05) is 11.6 Å². The summed E-state index contributed by atoms with van der Waals surface area (Å²) in [6.45, 7) is 0. The molecule has 1 aliphatic heterocycles. The van der Waals surface area contributed by atoms with Crippen molar-refractivity contribution in [3.8, 4) is 0 Å². The van der Waals surface area contributed by atoms with E-state index in [2.05, 4.69) is 26.2 Å². The number of hydrogen-bond acceptors (Lipinski definition) is 3. The first kappa shape index (κ1) is 7.05. The quantitative estimate of drug-likeness (QED) is 0.581. The number of nitrogens with zero attached hydrogens (tertiary/aromatic N) is 1. The molecule has 3 nitrogen and oxygen atoms in total. The zero-order chi connectivity index (χ0) is 6.85. The van der Waals surface area contributed by atoms with Gasteiger partial charge in [-0.25, -0.2) is 4.99 Å². The van der Waals surface area contributed by atoms with Crippen molar-refractivity contribution in [1.82, 2.24) is 5.32 Å². The zero-order valence-electron chi connectivity index (χ0n) is 4.31. The van der Waals surface area contributed by atoms with Gasteiger partial charge in [0.15, 0.2) is 6.23 Å². The first-order chi connectivity index (χ1) is 4.20. The number of nitrogens with one attached hydrogen (secondary N) is 1. The summed E-state index contributed by atoms with van der Waals surface area (Å²) in [7, 11) is 0. The lowest BCUT2D eigenvalue weighted by molar-refractivity contribution is 0.222. The number of aliphatic hydroxyl groups excluding tert-OH is 1. The van der Waals surface area contributed by atoms with Crippen molar-refractivity contribution in [1.29, 1.82) is 0 Å². The van der Waals surface area contributed by atoms with Crippen molar-refractivity contribution < 1.29 is 5.11 Å². The van der Waals surface area contributed by atoms with Crippen molar-refractivity contribution in [2.45, 2.75) is 6.23 Å². The minimum absolute atomic E-state index is 0.324. The third-order valence-corrected chi connectivity index (χ3v) is 1.90. The Morgan fingerprint density at radius 3 is 3.00 bits per heavy atom. The Labute approximate surface area is 65.5 Å². The molecule has 0 amide bonds. The van der Waals surface area contributed by atoms with Crippen molar-refractivity contribution >= 4 is 33.7 Å². The summed E-state index contributed by atoms with van der Waals surface area (Å²) in [5.74, 6) is 0. The molecule has 0 saturated heterocycles. The van der Waals surface area contributed by atoms with Gasteiger partial charge in [0.2, 0.25) is 0 Å².